The van der Waals surface area contributed by atoms with E-state index < -0.39 is 0 Å². The normalized spacial score (nSPS) is 21.2. The van der Waals surface area contributed by atoms with Gasteiger partial charge in [-0.05, 0) is 56.9 Å². The summed E-state index contributed by atoms with van der Waals surface area (Å²) in [6, 6.07) is 3.88. The predicted octanol–water partition coefficient (Wildman–Crippen LogP) is 2.38. The molecule has 0 atom stereocenters. The summed E-state index contributed by atoms with van der Waals surface area (Å²) in [7, 11) is 0. The van der Waals surface area contributed by atoms with Gasteiger partial charge in [0, 0.05) is 26.2 Å². The molecule has 5 heteroatoms. The number of hydrogen-bond acceptors (Lipinski definition) is 4. The van der Waals surface area contributed by atoms with Gasteiger partial charge in [0.1, 0.15) is 0 Å². The number of piperidine rings is 1. The summed E-state index contributed by atoms with van der Waals surface area (Å²) in [5.41, 5.74) is 0. The lowest BCUT2D eigenvalue weighted by Gasteiger charge is -2.35. The molecule has 0 radical (unpaired) electrons. The second-order valence-electron chi connectivity index (χ2n) is 6.37. The average Bonchev–Trinajstić information content (AvgIpc) is 3.10. The second-order valence-corrected chi connectivity index (χ2v) is 7.31. The molecular formula is C17H27N3OS. The Kier molecular flexibility index (Phi) is 5.87. The molecule has 2 aliphatic rings. The van der Waals surface area contributed by atoms with E-state index in [9.17, 15) is 4.79 Å². The highest BCUT2D eigenvalue weighted by Crippen LogP contribution is 2.14. The van der Waals surface area contributed by atoms with Gasteiger partial charge < -0.3 is 9.80 Å². The summed E-state index contributed by atoms with van der Waals surface area (Å²) in [5, 5.41) is 1.98. The van der Waals surface area contributed by atoms with Gasteiger partial charge in [-0.25, -0.2) is 0 Å². The summed E-state index contributed by atoms with van der Waals surface area (Å²) < 4.78 is 0. The molecule has 0 aromatic carbocycles. The zero-order valence-corrected chi connectivity index (χ0v) is 14.2. The number of piperazine rings is 1. The van der Waals surface area contributed by atoms with Crippen molar-refractivity contribution in [3.8, 4) is 0 Å². The molecule has 3 rings (SSSR count). The molecule has 0 spiro atoms. The Labute approximate surface area is 137 Å². The van der Waals surface area contributed by atoms with Crippen molar-refractivity contribution in [1.29, 1.82) is 0 Å². The van der Waals surface area contributed by atoms with E-state index in [-0.39, 0.29) is 5.91 Å². The number of thiophene rings is 1. The summed E-state index contributed by atoms with van der Waals surface area (Å²) in [6.45, 7) is 8.81. The molecule has 122 valence electrons. The van der Waals surface area contributed by atoms with E-state index in [1.165, 1.54) is 51.9 Å². The highest BCUT2D eigenvalue weighted by Gasteiger charge is 2.22. The minimum absolute atomic E-state index is 0.211. The molecule has 1 amide bonds. The van der Waals surface area contributed by atoms with Crippen LogP contribution in [0.15, 0.2) is 17.5 Å². The van der Waals surface area contributed by atoms with Crippen molar-refractivity contribution >= 4 is 17.2 Å². The molecule has 3 heterocycles. The van der Waals surface area contributed by atoms with Crippen LogP contribution in [-0.4, -0.2) is 73.0 Å². The third-order valence-electron chi connectivity index (χ3n) is 4.79. The van der Waals surface area contributed by atoms with Crippen LogP contribution in [0.2, 0.25) is 0 Å². The molecule has 1 aromatic rings. The lowest BCUT2D eigenvalue weighted by atomic mass is 10.1. The smallest absolute Gasteiger partial charge is 0.264 e. The maximum Gasteiger partial charge on any atom is 0.264 e. The maximum absolute atomic E-state index is 12.3. The third kappa shape index (κ3) is 4.31. The van der Waals surface area contributed by atoms with Crippen LogP contribution in [-0.2, 0) is 0 Å². The third-order valence-corrected chi connectivity index (χ3v) is 5.65. The molecule has 4 nitrogen and oxygen atoms in total. The Morgan fingerprint density at radius 3 is 2.27 bits per heavy atom. The zero-order valence-electron chi connectivity index (χ0n) is 13.4. The first-order chi connectivity index (χ1) is 10.8. The maximum atomic E-state index is 12.3. The van der Waals surface area contributed by atoms with Gasteiger partial charge in [-0.1, -0.05) is 12.5 Å². The zero-order chi connectivity index (χ0) is 15.2. The van der Waals surface area contributed by atoms with Crippen molar-refractivity contribution in [1.82, 2.24) is 14.7 Å². The van der Waals surface area contributed by atoms with Crippen LogP contribution in [0.25, 0.3) is 0 Å². The largest absolute Gasteiger partial charge is 0.335 e. The van der Waals surface area contributed by atoms with E-state index in [0.29, 0.717) is 0 Å². The number of carbonyl (C=O) groups is 1. The van der Waals surface area contributed by atoms with Crippen molar-refractivity contribution < 1.29 is 4.79 Å². The first kappa shape index (κ1) is 16.0. The van der Waals surface area contributed by atoms with Crippen LogP contribution in [0.3, 0.4) is 0 Å². The number of likely N-dealkylation sites (tertiary alicyclic amines) is 1. The van der Waals surface area contributed by atoms with Crippen LogP contribution < -0.4 is 0 Å². The summed E-state index contributed by atoms with van der Waals surface area (Å²) in [5.74, 6) is 0.211. The Bertz CT molecular complexity index is 448. The van der Waals surface area contributed by atoms with Gasteiger partial charge in [-0.15, -0.1) is 11.3 Å². The molecule has 0 saturated carbocycles. The van der Waals surface area contributed by atoms with Gasteiger partial charge in [-0.2, -0.15) is 0 Å². The van der Waals surface area contributed by atoms with Crippen LogP contribution in [0.4, 0.5) is 0 Å². The fourth-order valence-corrected chi connectivity index (χ4v) is 4.12. The van der Waals surface area contributed by atoms with Gasteiger partial charge in [0.25, 0.3) is 5.91 Å². The van der Waals surface area contributed by atoms with Crippen molar-refractivity contribution in [2.24, 2.45) is 0 Å². The molecule has 0 aliphatic carbocycles. The van der Waals surface area contributed by atoms with Crippen LogP contribution >= 0.6 is 11.3 Å². The van der Waals surface area contributed by atoms with Gasteiger partial charge in [0.2, 0.25) is 0 Å². The Morgan fingerprint density at radius 2 is 1.64 bits per heavy atom. The average molecular weight is 321 g/mol. The van der Waals surface area contributed by atoms with Gasteiger partial charge in [0.05, 0.1) is 4.88 Å². The van der Waals surface area contributed by atoms with E-state index in [0.717, 1.165) is 31.1 Å². The minimum Gasteiger partial charge on any atom is -0.335 e. The topological polar surface area (TPSA) is 26.8 Å². The van der Waals surface area contributed by atoms with E-state index in [1.54, 1.807) is 11.3 Å². The van der Waals surface area contributed by atoms with Crippen LogP contribution in [0.5, 0.6) is 0 Å². The lowest BCUT2D eigenvalue weighted by molar-refractivity contribution is 0.0635. The van der Waals surface area contributed by atoms with Crippen molar-refractivity contribution in [3.05, 3.63) is 22.4 Å². The Morgan fingerprint density at radius 1 is 0.955 bits per heavy atom. The van der Waals surface area contributed by atoms with Gasteiger partial charge in [-0.3, -0.25) is 9.69 Å². The summed E-state index contributed by atoms with van der Waals surface area (Å²) >= 11 is 1.54. The molecule has 2 saturated heterocycles. The standard InChI is InChI=1S/C17H27N3OS/c21-17(16-6-4-15-22-16)20-13-11-19(12-14-20)10-5-9-18-7-2-1-3-8-18/h4,6,15H,1-3,5,7-14H2. The number of amides is 1. The van der Waals surface area contributed by atoms with E-state index in [2.05, 4.69) is 9.80 Å². The Balaban J connectivity index is 1.34. The van der Waals surface area contributed by atoms with Gasteiger partial charge in [0.15, 0.2) is 0 Å². The molecule has 22 heavy (non-hydrogen) atoms. The number of carbonyl (C=O) groups excluding carboxylic acids is 1. The first-order valence-electron chi connectivity index (χ1n) is 8.60. The fourth-order valence-electron chi connectivity index (χ4n) is 3.43. The van der Waals surface area contributed by atoms with Gasteiger partial charge >= 0.3 is 0 Å². The summed E-state index contributed by atoms with van der Waals surface area (Å²) in [6.07, 6.45) is 5.43. The number of nitrogens with zero attached hydrogens (tertiary/aromatic N) is 3. The Hall–Kier alpha value is -0.910. The molecule has 2 aliphatic heterocycles. The van der Waals surface area contributed by atoms with E-state index >= 15 is 0 Å². The van der Waals surface area contributed by atoms with Crippen LogP contribution in [0, 0.1) is 0 Å². The molecule has 0 unspecified atom stereocenters. The first-order valence-corrected chi connectivity index (χ1v) is 9.48. The van der Waals surface area contributed by atoms with Crippen molar-refractivity contribution in [2.45, 2.75) is 25.7 Å². The molecule has 1 aromatic heterocycles. The molecule has 2 fully saturated rings. The summed E-state index contributed by atoms with van der Waals surface area (Å²) in [4.78, 5) is 20.3. The SMILES string of the molecule is O=C(c1cccs1)N1CCN(CCCN2CCCCC2)CC1. The molecular weight excluding hydrogens is 294 g/mol. The minimum atomic E-state index is 0.211. The van der Waals surface area contributed by atoms with E-state index in [4.69, 9.17) is 0 Å². The highest BCUT2D eigenvalue weighted by molar-refractivity contribution is 7.12. The number of hydrogen-bond donors (Lipinski definition) is 0. The van der Waals surface area contributed by atoms with Crippen molar-refractivity contribution in [3.63, 3.8) is 0 Å². The van der Waals surface area contributed by atoms with Crippen molar-refractivity contribution in [2.75, 3.05) is 52.4 Å². The van der Waals surface area contributed by atoms with Crippen LogP contribution in [0.1, 0.15) is 35.4 Å². The second kappa shape index (κ2) is 8.09. The fraction of sp³-hybridized carbons (Fsp3) is 0.706. The van der Waals surface area contributed by atoms with E-state index in [1.807, 2.05) is 22.4 Å². The lowest BCUT2D eigenvalue weighted by Crippen LogP contribution is -2.49. The predicted molar refractivity (Wildman–Crippen MR) is 91.6 cm³/mol. The molecule has 0 bridgehead atoms. The monoisotopic (exact) mass is 321 g/mol. The quantitative estimate of drug-likeness (QED) is 0.833. The molecule has 0 N–H and O–H groups in total. The highest BCUT2D eigenvalue weighted by atomic mass is 32.1. The number of rotatable bonds is 5.